The third kappa shape index (κ3) is 4.27. The van der Waals surface area contributed by atoms with Gasteiger partial charge in [0.05, 0.1) is 0 Å². The molecule has 0 aliphatic heterocycles. The molecule has 0 atom stereocenters. The predicted molar refractivity (Wildman–Crippen MR) is 191 cm³/mol. The van der Waals surface area contributed by atoms with Crippen molar-refractivity contribution in [2.24, 2.45) is 94.7 Å². The average Bonchev–Trinajstić information content (AvgIpc) is 2.99. The van der Waals surface area contributed by atoms with Gasteiger partial charge in [-0.25, -0.2) is 0 Å². The van der Waals surface area contributed by atoms with Crippen LogP contribution in [0.2, 0.25) is 0 Å². The largest absolute Gasteiger partial charge is 0.0916 e. The van der Waals surface area contributed by atoms with Crippen molar-refractivity contribution in [3.63, 3.8) is 0 Å². The van der Waals surface area contributed by atoms with Crippen molar-refractivity contribution in [1.29, 1.82) is 0 Å². The van der Waals surface area contributed by atoms with Gasteiger partial charge in [-0.1, -0.05) is 22.8 Å². The lowest BCUT2D eigenvalue weighted by atomic mass is 9.55. The maximum atomic E-state index is 2.84. The van der Waals surface area contributed by atoms with Gasteiger partial charge in [0.25, 0.3) is 0 Å². The Labute approximate surface area is 279 Å². The summed E-state index contributed by atoms with van der Waals surface area (Å²) in [6.07, 6.45) is 35.5. The van der Waals surface area contributed by atoms with E-state index in [1.165, 1.54) is 75.4 Å². The van der Waals surface area contributed by atoms with Gasteiger partial charge in [-0.2, -0.15) is 0 Å². The molecule has 0 aromatic heterocycles. The summed E-state index contributed by atoms with van der Waals surface area (Å²) in [7, 11) is 0.356. The van der Waals surface area contributed by atoms with Crippen LogP contribution in [-0.2, 0) is 0 Å². The van der Waals surface area contributed by atoms with Crippen molar-refractivity contribution in [1.82, 2.24) is 0 Å². The van der Waals surface area contributed by atoms with Gasteiger partial charge in [0.1, 0.15) is 0 Å². The minimum atomic E-state index is 0.178. The number of rotatable bonds is 7. The minimum absolute atomic E-state index is 0.178. The summed E-state index contributed by atoms with van der Waals surface area (Å²) in [5.74, 6) is 18.8. The molecule has 0 aromatic rings. The van der Waals surface area contributed by atoms with Crippen LogP contribution in [0.5, 0.6) is 0 Å². The molecule has 0 nitrogen and oxygen atoms in total. The van der Waals surface area contributed by atoms with E-state index in [1.807, 2.05) is 0 Å². The molecule has 2 heteroatoms. The van der Waals surface area contributed by atoms with Crippen molar-refractivity contribution >= 4 is 15.8 Å². The highest BCUT2D eigenvalue weighted by molar-refractivity contribution is 7.77. The van der Waals surface area contributed by atoms with E-state index < -0.39 is 0 Å². The number of hydrogen-bond donors (Lipinski definition) is 0. The summed E-state index contributed by atoms with van der Waals surface area (Å²) < 4.78 is 0. The lowest BCUT2D eigenvalue weighted by Crippen LogP contribution is -2.56. The fourth-order valence-electron chi connectivity index (χ4n) is 19.3. The van der Waals surface area contributed by atoms with Gasteiger partial charge >= 0.3 is 0 Å². The van der Waals surface area contributed by atoms with Gasteiger partial charge in [0.2, 0.25) is 0 Å². The lowest BCUT2D eigenvalue weighted by molar-refractivity contribution is 0.0111. The van der Waals surface area contributed by atoms with Crippen molar-refractivity contribution in [2.75, 3.05) is 0 Å². The van der Waals surface area contributed by atoms with Gasteiger partial charge in [-0.3, -0.25) is 0 Å². The van der Waals surface area contributed by atoms with E-state index in [2.05, 4.69) is 6.92 Å². The van der Waals surface area contributed by atoms with Crippen molar-refractivity contribution in [3.05, 3.63) is 0 Å². The predicted octanol–water partition coefficient (Wildman–Crippen LogP) is 12.0. The van der Waals surface area contributed by atoms with Gasteiger partial charge in [-0.15, -0.1) is 0 Å². The van der Waals surface area contributed by atoms with Crippen LogP contribution >= 0.6 is 15.8 Å². The SMILES string of the molecule is CCC(P(C1C2CC3CC(C2)CC1C3)C1C2CC3CC(C2)CC1C3)P(C1C2CC3CC(C2)CC1C3)C1C2CC3CC(C2)CC1C3. The Bertz CT molecular complexity index is 888. The fraction of sp³-hybridized carbons (Fsp3) is 1.00. The van der Waals surface area contributed by atoms with E-state index in [1.54, 1.807) is 135 Å². The van der Waals surface area contributed by atoms with Gasteiger partial charge < -0.3 is 0 Å². The topological polar surface area (TPSA) is 0 Å². The summed E-state index contributed by atoms with van der Waals surface area (Å²) in [5.41, 5.74) is 4.94. The van der Waals surface area contributed by atoms with Crippen LogP contribution in [0.4, 0.5) is 0 Å². The summed E-state index contributed by atoms with van der Waals surface area (Å²) in [4.78, 5) is 0. The Morgan fingerprint density at radius 3 is 0.644 bits per heavy atom. The molecule has 0 unspecified atom stereocenters. The van der Waals surface area contributed by atoms with E-state index in [0.717, 1.165) is 47.3 Å². The Hall–Kier alpha value is 0.860. The normalized spacial score (nSPS) is 62.6. The van der Waals surface area contributed by atoms with Crippen LogP contribution in [0, 0.1) is 94.7 Å². The van der Waals surface area contributed by atoms with E-state index in [4.69, 9.17) is 0 Å². The molecular weight excluding hydrogens is 578 g/mol. The molecule has 16 saturated carbocycles. The molecule has 248 valence electrons. The standard InChI is InChI=1S/C43H66P2/c1-2-39(44(40-31-7-23-3-24(9-31)10-32(40)8-23)41-33-11-25-4-26(13-33)14-34(41)12-25)45(42-35-15-27-5-28(17-35)18-36(42)16-27)43-37-19-29-6-30(21-37)22-38(43)20-29/h23-43H,2-22H2,1H3. The summed E-state index contributed by atoms with van der Waals surface area (Å²) in [6, 6.07) is 0. The molecule has 0 heterocycles. The summed E-state index contributed by atoms with van der Waals surface area (Å²) in [5, 5.41) is 1.23. The first-order chi connectivity index (χ1) is 22.1. The Balaban J connectivity index is 0.994. The Morgan fingerprint density at radius 1 is 0.311 bits per heavy atom. The number of hydrogen-bond acceptors (Lipinski definition) is 0. The average molecular weight is 645 g/mol. The highest BCUT2D eigenvalue weighted by Crippen LogP contribution is 2.82. The first kappa shape index (κ1) is 28.5. The van der Waals surface area contributed by atoms with Crippen LogP contribution in [0.1, 0.15) is 142 Å². The molecule has 16 fully saturated rings. The molecule has 16 bridgehead atoms. The molecule has 0 N–H and O–H groups in total. The van der Waals surface area contributed by atoms with Crippen LogP contribution in [0.25, 0.3) is 0 Å². The highest BCUT2D eigenvalue weighted by atomic mass is 31.2. The Morgan fingerprint density at radius 2 is 0.489 bits per heavy atom. The van der Waals surface area contributed by atoms with Gasteiger partial charge in [-0.05, 0) is 252 Å². The second-order valence-corrected chi connectivity index (χ2v) is 27.3. The molecular formula is C43H66P2. The van der Waals surface area contributed by atoms with Crippen molar-refractivity contribution < 1.29 is 0 Å². The zero-order valence-electron chi connectivity index (χ0n) is 28.9. The second-order valence-electron chi connectivity index (χ2n) is 21.5. The van der Waals surface area contributed by atoms with Crippen molar-refractivity contribution in [3.8, 4) is 0 Å². The molecule has 0 aromatic carbocycles. The third-order valence-corrected chi connectivity index (χ3v) is 29.0. The molecule has 0 radical (unpaired) electrons. The summed E-state index contributed by atoms with van der Waals surface area (Å²) >= 11 is 0. The van der Waals surface area contributed by atoms with Gasteiger partial charge in [0, 0.05) is 5.40 Å². The molecule has 16 aliphatic carbocycles. The molecule has 16 aliphatic rings. The zero-order valence-corrected chi connectivity index (χ0v) is 30.7. The summed E-state index contributed by atoms with van der Waals surface area (Å²) in [6.45, 7) is 2.84. The monoisotopic (exact) mass is 644 g/mol. The quantitative estimate of drug-likeness (QED) is 0.242. The second kappa shape index (κ2) is 10.5. The minimum Gasteiger partial charge on any atom is -0.0916 e. The van der Waals surface area contributed by atoms with Crippen molar-refractivity contribution in [2.45, 2.75) is 170 Å². The van der Waals surface area contributed by atoms with E-state index >= 15 is 0 Å². The molecule has 0 spiro atoms. The van der Waals surface area contributed by atoms with E-state index in [9.17, 15) is 0 Å². The zero-order chi connectivity index (χ0) is 29.1. The van der Waals surface area contributed by atoms with Crippen LogP contribution in [0.3, 0.4) is 0 Å². The maximum Gasteiger partial charge on any atom is 0.000223 e. The smallest absolute Gasteiger partial charge is 0.000223 e. The first-order valence-electron chi connectivity index (χ1n) is 21.7. The maximum absolute atomic E-state index is 2.84. The Kier molecular flexibility index (Phi) is 6.63. The highest BCUT2D eigenvalue weighted by Gasteiger charge is 2.63. The van der Waals surface area contributed by atoms with Crippen LogP contribution < -0.4 is 0 Å². The molecule has 0 saturated heterocycles. The van der Waals surface area contributed by atoms with Gasteiger partial charge in [0.15, 0.2) is 0 Å². The molecule has 45 heavy (non-hydrogen) atoms. The van der Waals surface area contributed by atoms with Crippen LogP contribution in [0.15, 0.2) is 0 Å². The third-order valence-electron chi connectivity index (χ3n) is 19.1. The first-order valence-corrected chi connectivity index (χ1v) is 24.8. The van der Waals surface area contributed by atoms with Crippen LogP contribution in [-0.4, -0.2) is 28.0 Å². The lowest BCUT2D eigenvalue weighted by Gasteiger charge is -2.67. The van der Waals surface area contributed by atoms with E-state index in [0.29, 0.717) is 0 Å². The van der Waals surface area contributed by atoms with E-state index in [-0.39, 0.29) is 15.8 Å². The fourth-order valence-corrected chi connectivity index (χ4v) is 31.5. The molecule has 0 amide bonds. The molecule has 16 rings (SSSR count).